The summed E-state index contributed by atoms with van der Waals surface area (Å²) < 4.78 is 2.22. The van der Waals surface area contributed by atoms with Gasteiger partial charge in [0.2, 0.25) is 0 Å². The summed E-state index contributed by atoms with van der Waals surface area (Å²) in [5, 5.41) is 0.754. The molecular weight excluding hydrogens is 222 g/mol. The highest BCUT2D eigenvalue weighted by atomic mass is 35.5. The van der Waals surface area contributed by atoms with Crippen LogP contribution in [0.3, 0.4) is 0 Å². The van der Waals surface area contributed by atoms with Crippen molar-refractivity contribution in [2.24, 2.45) is 5.73 Å². The molecule has 1 heterocycles. The number of imidazole rings is 1. The van der Waals surface area contributed by atoms with Crippen LogP contribution in [0.1, 0.15) is 19.2 Å². The third kappa shape index (κ3) is 2.06. The van der Waals surface area contributed by atoms with E-state index in [2.05, 4.69) is 16.5 Å². The number of aryl methyl sites for hydroxylation is 1. The van der Waals surface area contributed by atoms with Crippen LogP contribution >= 0.6 is 11.6 Å². The molecule has 0 fully saturated rings. The van der Waals surface area contributed by atoms with E-state index in [4.69, 9.17) is 17.3 Å². The van der Waals surface area contributed by atoms with Crippen LogP contribution in [0, 0.1) is 0 Å². The molecule has 0 bridgehead atoms. The molecule has 0 saturated heterocycles. The Hall–Kier alpha value is -1.06. The van der Waals surface area contributed by atoms with E-state index in [1.54, 1.807) is 0 Å². The molecule has 0 unspecified atom stereocenters. The van der Waals surface area contributed by atoms with E-state index in [-0.39, 0.29) is 0 Å². The van der Waals surface area contributed by atoms with Crippen molar-refractivity contribution in [2.75, 3.05) is 6.54 Å². The van der Waals surface area contributed by atoms with Gasteiger partial charge in [-0.25, -0.2) is 4.98 Å². The first-order chi connectivity index (χ1) is 7.76. The Balaban J connectivity index is 2.57. The maximum Gasteiger partial charge on any atom is 0.111 e. The lowest BCUT2D eigenvalue weighted by Gasteiger charge is -2.06. The molecule has 0 spiro atoms. The Morgan fingerprint density at radius 1 is 1.44 bits per heavy atom. The van der Waals surface area contributed by atoms with Crippen molar-refractivity contribution in [3.63, 3.8) is 0 Å². The minimum atomic E-state index is 0.626. The summed E-state index contributed by atoms with van der Waals surface area (Å²) >= 11 is 6.01. The lowest BCUT2D eigenvalue weighted by atomic mass is 10.3. The summed E-state index contributed by atoms with van der Waals surface area (Å²) in [6.45, 7) is 3.75. The Kier molecular flexibility index (Phi) is 3.46. The highest BCUT2D eigenvalue weighted by Crippen LogP contribution is 2.21. The van der Waals surface area contributed by atoms with Gasteiger partial charge in [-0.15, -0.1) is 0 Å². The van der Waals surface area contributed by atoms with Crippen molar-refractivity contribution in [3.05, 3.63) is 29.0 Å². The Labute approximate surface area is 100 Å². The van der Waals surface area contributed by atoms with Gasteiger partial charge in [0.15, 0.2) is 0 Å². The van der Waals surface area contributed by atoms with E-state index in [9.17, 15) is 0 Å². The number of nitrogens with zero attached hydrogens (tertiary/aromatic N) is 2. The number of hydrogen-bond donors (Lipinski definition) is 1. The summed E-state index contributed by atoms with van der Waals surface area (Å²) in [6, 6.07) is 5.81. The molecule has 0 radical (unpaired) electrons. The van der Waals surface area contributed by atoms with Crippen LogP contribution in [-0.4, -0.2) is 16.1 Å². The highest BCUT2D eigenvalue weighted by Gasteiger charge is 2.09. The number of benzene rings is 1. The van der Waals surface area contributed by atoms with Crippen molar-refractivity contribution in [1.82, 2.24) is 9.55 Å². The summed E-state index contributed by atoms with van der Waals surface area (Å²) in [5.41, 5.74) is 7.71. The van der Waals surface area contributed by atoms with Crippen molar-refractivity contribution in [3.8, 4) is 0 Å². The Bertz CT molecular complexity index is 490. The number of nitrogens with two attached hydrogens (primary N) is 1. The predicted molar refractivity (Wildman–Crippen MR) is 67.8 cm³/mol. The molecule has 0 saturated carbocycles. The first-order valence-corrected chi connectivity index (χ1v) is 5.98. The fourth-order valence-electron chi connectivity index (χ4n) is 1.94. The zero-order valence-electron chi connectivity index (χ0n) is 9.41. The molecule has 4 heteroatoms. The third-order valence-electron chi connectivity index (χ3n) is 2.60. The minimum absolute atomic E-state index is 0.626. The Morgan fingerprint density at radius 2 is 2.25 bits per heavy atom. The average molecular weight is 238 g/mol. The maximum atomic E-state index is 6.01. The monoisotopic (exact) mass is 237 g/mol. The minimum Gasteiger partial charge on any atom is -0.330 e. The summed E-state index contributed by atoms with van der Waals surface area (Å²) in [7, 11) is 0. The van der Waals surface area contributed by atoms with Crippen LogP contribution in [0.15, 0.2) is 18.2 Å². The molecule has 1 aromatic heterocycles. The Morgan fingerprint density at radius 3 is 2.94 bits per heavy atom. The molecule has 86 valence electrons. The van der Waals surface area contributed by atoms with Gasteiger partial charge in [-0.1, -0.05) is 18.5 Å². The van der Waals surface area contributed by atoms with Crippen LogP contribution in [0.5, 0.6) is 0 Å². The molecule has 0 amide bonds. The van der Waals surface area contributed by atoms with Gasteiger partial charge in [0.1, 0.15) is 5.82 Å². The summed E-state index contributed by atoms with van der Waals surface area (Å²) in [4.78, 5) is 4.59. The predicted octanol–water partition coefficient (Wildman–Crippen LogP) is 2.60. The molecule has 0 aliphatic heterocycles. The molecule has 1 aromatic carbocycles. The van der Waals surface area contributed by atoms with Crippen LogP contribution in [-0.2, 0) is 13.0 Å². The topological polar surface area (TPSA) is 43.8 Å². The molecule has 2 N–H and O–H groups in total. The molecule has 2 rings (SSSR count). The van der Waals surface area contributed by atoms with Crippen LogP contribution in [0.2, 0.25) is 5.02 Å². The van der Waals surface area contributed by atoms with Gasteiger partial charge in [-0.2, -0.15) is 0 Å². The molecule has 0 aliphatic carbocycles. The first-order valence-electron chi connectivity index (χ1n) is 5.61. The number of halogens is 1. The second kappa shape index (κ2) is 4.85. The van der Waals surface area contributed by atoms with Gasteiger partial charge in [-0.3, -0.25) is 0 Å². The highest BCUT2D eigenvalue weighted by molar-refractivity contribution is 6.31. The second-order valence-corrected chi connectivity index (χ2v) is 4.29. The molecule has 0 aliphatic rings. The van der Waals surface area contributed by atoms with E-state index in [1.807, 2.05) is 18.2 Å². The molecule has 0 atom stereocenters. The van der Waals surface area contributed by atoms with E-state index in [0.717, 1.165) is 41.3 Å². The largest absolute Gasteiger partial charge is 0.330 e. The number of fused-ring (bicyclic) bond motifs is 1. The van der Waals surface area contributed by atoms with Gasteiger partial charge in [-0.05, 0) is 31.2 Å². The average Bonchev–Trinajstić information content (AvgIpc) is 2.58. The standard InChI is InChI=1S/C12H16ClN3/c1-2-7-16-11-8-9(13)3-4-10(11)15-12(16)5-6-14/h3-4,8H,2,5-7,14H2,1H3. The van der Waals surface area contributed by atoms with Gasteiger partial charge >= 0.3 is 0 Å². The van der Waals surface area contributed by atoms with E-state index in [1.165, 1.54) is 0 Å². The van der Waals surface area contributed by atoms with Gasteiger partial charge < -0.3 is 10.3 Å². The van der Waals surface area contributed by atoms with Gasteiger partial charge in [0, 0.05) is 18.0 Å². The van der Waals surface area contributed by atoms with E-state index >= 15 is 0 Å². The fourth-order valence-corrected chi connectivity index (χ4v) is 2.11. The zero-order chi connectivity index (χ0) is 11.5. The van der Waals surface area contributed by atoms with Crippen LogP contribution in [0.4, 0.5) is 0 Å². The molecule has 3 nitrogen and oxygen atoms in total. The van der Waals surface area contributed by atoms with Crippen LogP contribution in [0.25, 0.3) is 11.0 Å². The fraction of sp³-hybridized carbons (Fsp3) is 0.417. The SMILES string of the molecule is CCCn1c(CCN)nc2ccc(Cl)cc21. The lowest BCUT2D eigenvalue weighted by molar-refractivity contribution is 0.652. The summed E-state index contributed by atoms with van der Waals surface area (Å²) in [6.07, 6.45) is 1.89. The van der Waals surface area contributed by atoms with Crippen molar-refractivity contribution >= 4 is 22.6 Å². The van der Waals surface area contributed by atoms with Crippen molar-refractivity contribution in [2.45, 2.75) is 26.3 Å². The smallest absolute Gasteiger partial charge is 0.111 e. The van der Waals surface area contributed by atoms with Gasteiger partial charge in [0.25, 0.3) is 0 Å². The summed E-state index contributed by atoms with van der Waals surface area (Å²) in [5.74, 6) is 1.06. The van der Waals surface area contributed by atoms with Gasteiger partial charge in [0.05, 0.1) is 11.0 Å². The molecule has 16 heavy (non-hydrogen) atoms. The van der Waals surface area contributed by atoms with E-state index < -0.39 is 0 Å². The number of aromatic nitrogens is 2. The number of rotatable bonds is 4. The normalized spacial score (nSPS) is 11.2. The van der Waals surface area contributed by atoms with Crippen molar-refractivity contribution < 1.29 is 0 Å². The van der Waals surface area contributed by atoms with Crippen LogP contribution < -0.4 is 5.73 Å². The lowest BCUT2D eigenvalue weighted by Crippen LogP contribution is -2.10. The second-order valence-electron chi connectivity index (χ2n) is 3.85. The third-order valence-corrected chi connectivity index (χ3v) is 2.84. The molecule has 2 aromatic rings. The van der Waals surface area contributed by atoms with E-state index in [0.29, 0.717) is 6.54 Å². The van der Waals surface area contributed by atoms with Crippen molar-refractivity contribution in [1.29, 1.82) is 0 Å². The number of hydrogen-bond acceptors (Lipinski definition) is 2. The maximum absolute atomic E-state index is 6.01. The molecular formula is C12H16ClN3. The first kappa shape index (κ1) is 11.4. The quantitative estimate of drug-likeness (QED) is 0.889. The zero-order valence-corrected chi connectivity index (χ0v) is 10.2.